The number of methoxy groups -OCH3 is 1. The van der Waals surface area contributed by atoms with Crippen LogP contribution in [0.15, 0.2) is 11.2 Å². The third-order valence-corrected chi connectivity index (χ3v) is 3.19. The second-order valence-electron chi connectivity index (χ2n) is 4.33. The zero-order chi connectivity index (χ0) is 14.2. The maximum absolute atomic E-state index is 11.6. The second kappa shape index (κ2) is 4.73. The van der Waals surface area contributed by atoms with Crippen LogP contribution in [-0.4, -0.2) is 31.5 Å². The molecule has 2 radical (unpaired) electrons. The van der Waals surface area contributed by atoms with E-state index >= 15 is 0 Å². The minimum Gasteiger partial charge on any atom is -0.464 e. The maximum atomic E-state index is 11.6. The Balaban J connectivity index is 2.49. The van der Waals surface area contributed by atoms with E-state index in [1.54, 1.807) is 6.92 Å². The van der Waals surface area contributed by atoms with Crippen molar-refractivity contribution < 1.29 is 14.4 Å². The molecule has 1 aliphatic heterocycles. The Labute approximate surface area is 116 Å². The number of halogens is 1. The Kier molecular flexibility index (Phi) is 3.41. The summed E-state index contributed by atoms with van der Waals surface area (Å²) in [5, 5.41) is 3.72. The number of carbonyl (C=O) groups is 1. The number of hydrogen-bond donors (Lipinski definition) is 1. The fourth-order valence-electron chi connectivity index (χ4n) is 1.76. The molecule has 1 unspecified atom stereocenters. The average molecular weight is 279 g/mol. The highest BCUT2D eigenvalue weighted by Crippen LogP contribution is 2.35. The van der Waals surface area contributed by atoms with E-state index in [2.05, 4.69) is 14.9 Å². The number of nitrogens with two attached hydrogens (primary N) is 1. The Bertz CT molecular complexity index is 579. The highest BCUT2D eigenvalue weighted by atomic mass is 35.5. The lowest BCUT2D eigenvalue weighted by molar-refractivity contribution is -0.0109. The molecular formula is C11H11BClN3O3. The highest BCUT2D eigenvalue weighted by molar-refractivity contribution is 6.59. The quantitative estimate of drug-likeness (QED) is 0.650. The molecule has 0 amide bonds. The number of nitrogen functional groups attached to an aromatic ring is 1. The van der Waals surface area contributed by atoms with Gasteiger partial charge in [-0.05, 0) is 13.0 Å². The van der Waals surface area contributed by atoms with Gasteiger partial charge in [0.15, 0.2) is 11.3 Å². The van der Waals surface area contributed by atoms with Crippen LogP contribution in [0.5, 0.6) is 0 Å². The largest absolute Gasteiger partial charge is 0.464 e. The predicted molar refractivity (Wildman–Crippen MR) is 71.2 cm³/mol. The molecule has 2 rings (SSSR count). The SMILES string of the molecule is [B]C1=NOC(C)(c2cc(N)c(Cl)c(C(=O)OC)n2)C1. The number of ether oxygens (including phenoxy) is 1. The summed E-state index contributed by atoms with van der Waals surface area (Å²) in [4.78, 5) is 21.0. The molecule has 0 saturated carbocycles. The van der Waals surface area contributed by atoms with E-state index in [4.69, 9.17) is 30.0 Å². The lowest BCUT2D eigenvalue weighted by Gasteiger charge is -2.22. The van der Waals surface area contributed by atoms with Crippen LogP contribution in [0.4, 0.5) is 5.69 Å². The summed E-state index contributed by atoms with van der Waals surface area (Å²) >= 11 is 5.94. The molecule has 0 aliphatic carbocycles. The molecule has 1 aromatic heterocycles. The summed E-state index contributed by atoms with van der Waals surface area (Å²) in [6.07, 6.45) is 0.349. The maximum Gasteiger partial charge on any atom is 0.358 e. The second-order valence-corrected chi connectivity index (χ2v) is 4.71. The van der Waals surface area contributed by atoms with Crippen LogP contribution in [0.3, 0.4) is 0 Å². The number of oxime groups is 1. The van der Waals surface area contributed by atoms with Gasteiger partial charge >= 0.3 is 5.97 Å². The zero-order valence-corrected chi connectivity index (χ0v) is 11.2. The van der Waals surface area contributed by atoms with Gasteiger partial charge < -0.3 is 15.3 Å². The van der Waals surface area contributed by atoms with Crippen molar-refractivity contribution in [1.29, 1.82) is 0 Å². The van der Waals surface area contributed by atoms with Crippen LogP contribution in [0.1, 0.15) is 29.5 Å². The number of hydrogen-bond acceptors (Lipinski definition) is 6. The van der Waals surface area contributed by atoms with Gasteiger partial charge in [0.2, 0.25) is 0 Å². The first-order chi connectivity index (χ1) is 8.87. The van der Waals surface area contributed by atoms with Gasteiger partial charge in [-0.2, -0.15) is 0 Å². The van der Waals surface area contributed by atoms with Gasteiger partial charge in [-0.25, -0.2) is 9.78 Å². The first-order valence-corrected chi connectivity index (χ1v) is 5.80. The van der Waals surface area contributed by atoms with Crippen LogP contribution in [-0.2, 0) is 15.2 Å². The Hall–Kier alpha value is -1.76. The molecule has 0 aromatic carbocycles. The minimum absolute atomic E-state index is 0.0473. The molecule has 0 spiro atoms. The lowest BCUT2D eigenvalue weighted by atomic mass is 9.87. The van der Waals surface area contributed by atoms with E-state index in [-0.39, 0.29) is 16.4 Å². The van der Waals surface area contributed by atoms with Crippen molar-refractivity contribution in [2.24, 2.45) is 5.16 Å². The molecule has 0 fully saturated rings. The van der Waals surface area contributed by atoms with Crippen molar-refractivity contribution in [1.82, 2.24) is 4.98 Å². The summed E-state index contributed by atoms with van der Waals surface area (Å²) in [7, 11) is 6.82. The highest BCUT2D eigenvalue weighted by Gasteiger charge is 2.37. The van der Waals surface area contributed by atoms with E-state index < -0.39 is 11.6 Å². The molecule has 1 atom stereocenters. The number of aromatic nitrogens is 1. The Morgan fingerprint density at radius 1 is 1.68 bits per heavy atom. The topological polar surface area (TPSA) is 86.8 Å². The normalized spacial score (nSPS) is 21.7. The molecule has 0 saturated heterocycles. The van der Waals surface area contributed by atoms with Gasteiger partial charge in [0.05, 0.1) is 23.5 Å². The van der Waals surface area contributed by atoms with Gasteiger partial charge in [-0.15, -0.1) is 5.16 Å². The number of pyridine rings is 1. The monoisotopic (exact) mass is 279 g/mol. The zero-order valence-electron chi connectivity index (χ0n) is 10.4. The smallest absolute Gasteiger partial charge is 0.358 e. The van der Waals surface area contributed by atoms with Crippen LogP contribution in [0.2, 0.25) is 5.02 Å². The van der Waals surface area contributed by atoms with Crippen molar-refractivity contribution in [3.8, 4) is 0 Å². The van der Waals surface area contributed by atoms with Gasteiger partial charge in [-0.1, -0.05) is 11.6 Å². The average Bonchev–Trinajstić information content (AvgIpc) is 2.72. The summed E-state index contributed by atoms with van der Waals surface area (Å²) in [6, 6.07) is 1.53. The third kappa shape index (κ3) is 2.38. The molecule has 19 heavy (non-hydrogen) atoms. The predicted octanol–water partition coefficient (Wildman–Crippen LogP) is 1.22. The molecular weight excluding hydrogens is 268 g/mol. The van der Waals surface area contributed by atoms with E-state index in [1.165, 1.54) is 13.2 Å². The Morgan fingerprint density at radius 2 is 2.37 bits per heavy atom. The van der Waals surface area contributed by atoms with Crippen molar-refractivity contribution in [2.75, 3.05) is 12.8 Å². The Morgan fingerprint density at radius 3 is 2.89 bits per heavy atom. The lowest BCUT2D eigenvalue weighted by Crippen LogP contribution is -2.25. The van der Waals surface area contributed by atoms with Gasteiger partial charge in [0, 0.05) is 12.0 Å². The molecule has 2 heterocycles. The van der Waals surface area contributed by atoms with Crippen molar-refractivity contribution in [2.45, 2.75) is 18.9 Å². The van der Waals surface area contributed by atoms with E-state index in [0.29, 0.717) is 17.7 Å². The number of esters is 1. The molecule has 6 nitrogen and oxygen atoms in total. The van der Waals surface area contributed by atoms with Gasteiger partial charge in [0.25, 0.3) is 0 Å². The number of carbonyl (C=O) groups excluding carboxylic acids is 1. The fraction of sp³-hybridized carbons (Fsp3) is 0.364. The summed E-state index contributed by atoms with van der Waals surface area (Å²) in [5.41, 5.74) is 5.81. The third-order valence-electron chi connectivity index (χ3n) is 2.79. The molecule has 8 heteroatoms. The number of rotatable bonds is 2. The molecule has 1 aliphatic rings. The minimum atomic E-state index is -0.869. The van der Waals surface area contributed by atoms with Crippen molar-refractivity contribution in [3.05, 3.63) is 22.5 Å². The summed E-state index contributed by atoms with van der Waals surface area (Å²) in [6.45, 7) is 1.74. The van der Waals surface area contributed by atoms with E-state index in [0.717, 1.165) is 0 Å². The molecule has 2 N–H and O–H groups in total. The molecule has 98 valence electrons. The van der Waals surface area contributed by atoms with E-state index in [9.17, 15) is 4.79 Å². The number of anilines is 1. The fourth-order valence-corrected chi connectivity index (χ4v) is 1.93. The standard InChI is InChI=1S/C11H11BClN3O3/c1-11(4-7(12)16-19-11)6-3-5(14)8(13)9(15-6)10(17)18-2/h3H,4H2,1-2H3,(H2,14,15). The summed E-state index contributed by atoms with van der Waals surface area (Å²) in [5.74, 6) is -0.672. The number of nitrogens with zero attached hydrogens (tertiary/aromatic N) is 2. The van der Waals surface area contributed by atoms with Crippen LogP contribution in [0.25, 0.3) is 0 Å². The van der Waals surface area contributed by atoms with Gasteiger partial charge in [0.1, 0.15) is 7.85 Å². The van der Waals surface area contributed by atoms with Crippen molar-refractivity contribution in [3.63, 3.8) is 0 Å². The first kappa shape index (κ1) is 13.7. The van der Waals surface area contributed by atoms with E-state index in [1.807, 2.05) is 0 Å². The molecule has 0 bridgehead atoms. The molecule has 1 aromatic rings. The van der Waals surface area contributed by atoms with Crippen LogP contribution < -0.4 is 5.73 Å². The van der Waals surface area contributed by atoms with Crippen molar-refractivity contribution >= 4 is 36.7 Å². The first-order valence-electron chi connectivity index (χ1n) is 5.42. The summed E-state index contributed by atoms with van der Waals surface area (Å²) < 4.78 is 4.61. The van der Waals surface area contributed by atoms with Crippen LogP contribution >= 0.6 is 11.6 Å². The van der Waals surface area contributed by atoms with Crippen LogP contribution in [0, 0.1) is 0 Å². The van der Waals surface area contributed by atoms with Gasteiger partial charge in [-0.3, -0.25) is 0 Å².